The van der Waals surface area contributed by atoms with Crippen LogP contribution in [0.1, 0.15) is 29.6 Å². The molecular formula is C24H30N2O4. The molecule has 2 aliphatic rings. The number of aliphatic hydroxyl groups excluding tert-OH is 1. The van der Waals surface area contributed by atoms with Crippen molar-refractivity contribution in [1.29, 1.82) is 0 Å². The lowest BCUT2D eigenvalue weighted by molar-refractivity contribution is -0.0228. The third kappa shape index (κ3) is 4.67. The van der Waals surface area contributed by atoms with E-state index in [0.29, 0.717) is 12.0 Å². The van der Waals surface area contributed by atoms with Gasteiger partial charge in [-0.1, -0.05) is 36.4 Å². The van der Waals surface area contributed by atoms with Crippen molar-refractivity contribution < 1.29 is 19.4 Å². The summed E-state index contributed by atoms with van der Waals surface area (Å²) in [6.45, 7) is 1.66. The molecular weight excluding hydrogens is 380 g/mol. The molecule has 1 aliphatic carbocycles. The number of aliphatic hydroxyl groups is 1. The molecule has 4 rings (SSSR count). The van der Waals surface area contributed by atoms with Crippen LogP contribution in [0.15, 0.2) is 60.7 Å². The van der Waals surface area contributed by atoms with Crippen LogP contribution in [-0.2, 0) is 4.74 Å². The van der Waals surface area contributed by atoms with E-state index in [2.05, 4.69) is 10.2 Å². The van der Waals surface area contributed by atoms with Crippen LogP contribution in [0.4, 0.5) is 0 Å². The predicted octanol–water partition coefficient (Wildman–Crippen LogP) is 2.48. The lowest BCUT2D eigenvalue weighted by Crippen LogP contribution is -2.56. The molecule has 0 unspecified atom stereocenters. The Kier molecular flexibility index (Phi) is 6.67. The van der Waals surface area contributed by atoms with Gasteiger partial charge in [-0.25, -0.2) is 0 Å². The second kappa shape index (κ2) is 9.60. The first-order valence-corrected chi connectivity index (χ1v) is 10.7. The number of amides is 1. The van der Waals surface area contributed by atoms with Crippen molar-refractivity contribution in [1.82, 2.24) is 10.2 Å². The van der Waals surface area contributed by atoms with E-state index in [-0.39, 0.29) is 30.2 Å². The molecule has 160 valence electrons. The molecule has 30 heavy (non-hydrogen) atoms. The van der Waals surface area contributed by atoms with E-state index in [9.17, 15) is 9.90 Å². The Hall–Kier alpha value is -2.41. The van der Waals surface area contributed by atoms with E-state index in [1.807, 2.05) is 48.5 Å². The van der Waals surface area contributed by atoms with Crippen LogP contribution >= 0.6 is 0 Å². The fraction of sp³-hybridized carbons (Fsp3) is 0.458. The topological polar surface area (TPSA) is 71.0 Å². The maximum absolute atomic E-state index is 12.8. The zero-order valence-electron chi connectivity index (χ0n) is 17.3. The van der Waals surface area contributed by atoms with E-state index >= 15 is 0 Å². The first kappa shape index (κ1) is 20.8. The molecule has 0 spiro atoms. The summed E-state index contributed by atoms with van der Waals surface area (Å²) in [5.41, 5.74) is 0.622. The molecule has 2 aromatic carbocycles. The van der Waals surface area contributed by atoms with E-state index in [1.54, 1.807) is 19.2 Å². The minimum Gasteiger partial charge on any atom is -0.488 e. The van der Waals surface area contributed by atoms with Crippen molar-refractivity contribution in [2.24, 2.45) is 0 Å². The predicted molar refractivity (Wildman–Crippen MR) is 115 cm³/mol. The Morgan fingerprint density at radius 1 is 1.03 bits per heavy atom. The summed E-state index contributed by atoms with van der Waals surface area (Å²) >= 11 is 0. The summed E-state index contributed by atoms with van der Waals surface area (Å²) in [4.78, 5) is 15.1. The minimum atomic E-state index is -0.689. The standard InChI is InChI=1S/C24H30N2O4/c1-29-18-12-14-26(15-13-18)22-20(25-24(28)17-8-4-2-5-9-17)16-21(23(22)27)30-19-10-6-3-7-11-19/h2-11,18,20-23,27H,12-16H2,1H3,(H,25,28)/t20-,21-,22+,23+/m1/s1. The van der Waals surface area contributed by atoms with Gasteiger partial charge in [0.1, 0.15) is 18.0 Å². The molecule has 2 aromatic rings. The Balaban J connectivity index is 1.51. The molecule has 4 atom stereocenters. The van der Waals surface area contributed by atoms with Crippen molar-refractivity contribution in [2.45, 2.75) is 49.7 Å². The molecule has 1 heterocycles. The number of carbonyl (C=O) groups excluding carboxylic acids is 1. The van der Waals surface area contributed by atoms with Crippen molar-refractivity contribution in [3.05, 3.63) is 66.2 Å². The van der Waals surface area contributed by atoms with Crippen LogP contribution in [0, 0.1) is 0 Å². The lowest BCUT2D eigenvalue weighted by atomic mass is 10.0. The van der Waals surface area contributed by atoms with Crippen LogP contribution in [0.5, 0.6) is 5.75 Å². The van der Waals surface area contributed by atoms with E-state index in [4.69, 9.17) is 9.47 Å². The highest BCUT2D eigenvalue weighted by molar-refractivity contribution is 5.94. The maximum Gasteiger partial charge on any atom is 0.251 e. The first-order chi connectivity index (χ1) is 14.7. The van der Waals surface area contributed by atoms with Gasteiger partial charge in [0.05, 0.1) is 18.2 Å². The fourth-order valence-electron chi connectivity index (χ4n) is 4.64. The van der Waals surface area contributed by atoms with Gasteiger partial charge in [0.15, 0.2) is 0 Å². The second-order valence-corrected chi connectivity index (χ2v) is 8.10. The van der Waals surface area contributed by atoms with Crippen LogP contribution in [0.2, 0.25) is 0 Å². The smallest absolute Gasteiger partial charge is 0.251 e. The van der Waals surface area contributed by atoms with Gasteiger partial charge in [-0.15, -0.1) is 0 Å². The van der Waals surface area contributed by atoms with Gasteiger partial charge in [0.2, 0.25) is 0 Å². The molecule has 1 saturated heterocycles. The molecule has 6 heteroatoms. The van der Waals surface area contributed by atoms with Gasteiger partial charge in [-0.05, 0) is 37.1 Å². The molecule has 1 aliphatic heterocycles. The number of methoxy groups -OCH3 is 1. The highest BCUT2D eigenvalue weighted by Gasteiger charge is 2.48. The van der Waals surface area contributed by atoms with Gasteiger partial charge in [-0.2, -0.15) is 0 Å². The minimum absolute atomic E-state index is 0.120. The summed E-state index contributed by atoms with van der Waals surface area (Å²) in [6, 6.07) is 18.4. The Morgan fingerprint density at radius 3 is 2.30 bits per heavy atom. The average molecular weight is 411 g/mol. The number of likely N-dealkylation sites (tertiary alicyclic amines) is 1. The lowest BCUT2D eigenvalue weighted by Gasteiger charge is -2.39. The third-order valence-electron chi connectivity index (χ3n) is 6.24. The summed E-state index contributed by atoms with van der Waals surface area (Å²) in [5.74, 6) is 0.610. The largest absolute Gasteiger partial charge is 0.488 e. The van der Waals surface area contributed by atoms with Gasteiger partial charge >= 0.3 is 0 Å². The quantitative estimate of drug-likeness (QED) is 0.766. The van der Waals surface area contributed by atoms with Crippen LogP contribution < -0.4 is 10.1 Å². The van der Waals surface area contributed by atoms with E-state index in [0.717, 1.165) is 31.7 Å². The number of para-hydroxylation sites is 1. The van der Waals surface area contributed by atoms with Gasteiger partial charge in [-0.3, -0.25) is 9.69 Å². The number of benzene rings is 2. The van der Waals surface area contributed by atoms with Crippen molar-refractivity contribution in [2.75, 3.05) is 20.2 Å². The molecule has 1 amide bonds. The SMILES string of the molecule is COC1CCN([C@@H]2[C@@H](O)[C@H](Oc3ccccc3)C[C@H]2NC(=O)c2ccccc2)CC1. The number of rotatable bonds is 6. The van der Waals surface area contributed by atoms with Crippen molar-refractivity contribution in [3.8, 4) is 5.75 Å². The molecule has 0 aromatic heterocycles. The summed E-state index contributed by atoms with van der Waals surface area (Å²) in [6.07, 6.45) is 1.59. The molecule has 1 saturated carbocycles. The van der Waals surface area contributed by atoms with Crippen molar-refractivity contribution in [3.63, 3.8) is 0 Å². The Labute approximate surface area is 177 Å². The van der Waals surface area contributed by atoms with Crippen molar-refractivity contribution >= 4 is 5.91 Å². The van der Waals surface area contributed by atoms with Crippen LogP contribution in [0.3, 0.4) is 0 Å². The maximum atomic E-state index is 12.8. The summed E-state index contributed by atoms with van der Waals surface area (Å²) < 4.78 is 11.6. The molecule has 2 fully saturated rings. The van der Waals surface area contributed by atoms with Gasteiger partial charge in [0, 0.05) is 32.2 Å². The van der Waals surface area contributed by atoms with Gasteiger partial charge in [0.25, 0.3) is 5.91 Å². The molecule has 6 nitrogen and oxygen atoms in total. The third-order valence-corrected chi connectivity index (χ3v) is 6.24. The molecule has 0 radical (unpaired) electrons. The monoisotopic (exact) mass is 410 g/mol. The first-order valence-electron chi connectivity index (χ1n) is 10.7. The van der Waals surface area contributed by atoms with Crippen LogP contribution in [-0.4, -0.2) is 66.5 Å². The Bertz CT molecular complexity index is 808. The zero-order valence-corrected chi connectivity index (χ0v) is 17.3. The number of nitrogens with one attached hydrogen (secondary N) is 1. The molecule has 0 bridgehead atoms. The fourth-order valence-corrected chi connectivity index (χ4v) is 4.64. The van der Waals surface area contributed by atoms with E-state index < -0.39 is 6.10 Å². The highest BCUT2D eigenvalue weighted by atomic mass is 16.5. The molecule has 2 N–H and O–H groups in total. The summed E-state index contributed by atoms with van der Waals surface area (Å²) in [7, 11) is 1.75. The summed E-state index contributed by atoms with van der Waals surface area (Å²) in [5, 5.41) is 14.4. The number of carbonyl (C=O) groups is 1. The normalized spacial score (nSPS) is 27.7. The number of piperidine rings is 1. The van der Waals surface area contributed by atoms with E-state index in [1.165, 1.54) is 0 Å². The second-order valence-electron chi connectivity index (χ2n) is 8.10. The van der Waals surface area contributed by atoms with Gasteiger partial charge < -0.3 is 19.9 Å². The number of hydrogen-bond acceptors (Lipinski definition) is 5. The highest BCUT2D eigenvalue weighted by Crippen LogP contribution is 2.31. The average Bonchev–Trinajstić information content (AvgIpc) is 3.09. The van der Waals surface area contributed by atoms with Crippen LogP contribution in [0.25, 0.3) is 0 Å². The number of hydrogen-bond donors (Lipinski definition) is 2. The number of nitrogens with zero attached hydrogens (tertiary/aromatic N) is 1. The zero-order chi connectivity index (χ0) is 20.9. The number of ether oxygens (including phenoxy) is 2. The Morgan fingerprint density at radius 2 is 1.67 bits per heavy atom.